The molecule has 1 N–H and O–H groups in total. The number of ether oxygens (including phenoxy) is 2. The van der Waals surface area contributed by atoms with Crippen molar-refractivity contribution in [3.63, 3.8) is 0 Å². The van der Waals surface area contributed by atoms with Crippen molar-refractivity contribution in [3.8, 4) is 11.5 Å². The van der Waals surface area contributed by atoms with Crippen LogP contribution in [0.4, 0.5) is 11.4 Å². The summed E-state index contributed by atoms with van der Waals surface area (Å²) in [5, 5.41) is 3.59. The molecule has 3 aromatic rings. The van der Waals surface area contributed by atoms with Gasteiger partial charge in [0.1, 0.15) is 11.5 Å². The molecule has 0 radical (unpaired) electrons. The summed E-state index contributed by atoms with van der Waals surface area (Å²) < 4.78 is 11.0. The average Bonchev–Trinajstić information content (AvgIpc) is 2.81. The summed E-state index contributed by atoms with van der Waals surface area (Å²) in [7, 11) is 0. The second kappa shape index (κ2) is 10.6. The van der Waals surface area contributed by atoms with Crippen molar-refractivity contribution in [1.29, 1.82) is 0 Å². The maximum Gasteiger partial charge on any atom is 0.265 e. The van der Waals surface area contributed by atoms with E-state index < -0.39 is 0 Å². The number of amides is 2. The molecule has 6 nitrogen and oxygen atoms in total. The molecule has 33 heavy (non-hydrogen) atoms. The number of rotatable bonds is 8. The third-order valence-corrected chi connectivity index (χ3v) is 5.66. The molecule has 0 aliphatic carbocycles. The van der Waals surface area contributed by atoms with Crippen LogP contribution in [0.2, 0.25) is 10.0 Å². The van der Waals surface area contributed by atoms with Crippen molar-refractivity contribution in [1.82, 2.24) is 0 Å². The van der Waals surface area contributed by atoms with Crippen molar-refractivity contribution in [3.05, 3.63) is 82.3 Å². The van der Waals surface area contributed by atoms with Crippen LogP contribution >= 0.6 is 23.2 Å². The van der Waals surface area contributed by atoms with Gasteiger partial charge in [0.05, 0.1) is 10.7 Å². The van der Waals surface area contributed by atoms with Gasteiger partial charge in [0, 0.05) is 17.3 Å². The van der Waals surface area contributed by atoms with Gasteiger partial charge in [-0.2, -0.15) is 0 Å². The summed E-state index contributed by atoms with van der Waals surface area (Å²) in [6, 6.07) is 20.1. The third kappa shape index (κ3) is 5.97. The van der Waals surface area contributed by atoms with Gasteiger partial charge in [-0.15, -0.1) is 0 Å². The smallest absolute Gasteiger partial charge is 0.265 e. The molecule has 1 aliphatic rings. The molecular weight excluding hydrogens is 463 g/mol. The summed E-state index contributed by atoms with van der Waals surface area (Å²) in [5.74, 6) is 0.501. The molecule has 0 fully saturated rings. The molecule has 4 rings (SSSR count). The summed E-state index contributed by atoms with van der Waals surface area (Å²) in [6.07, 6.45) is 1.67. The van der Waals surface area contributed by atoms with Crippen LogP contribution in [0, 0.1) is 0 Å². The Morgan fingerprint density at radius 3 is 2.67 bits per heavy atom. The van der Waals surface area contributed by atoms with Gasteiger partial charge in [-0.3, -0.25) is 9.59 Å². The van der Waals surface area contributed by atoms with Gasteiger partial charge in [-0.1, -0.05) is 53.5 Å². The van der Waals surface area contributed by atoms with E-state index in [4.69, 9.17) is 32.7 Å². The van der Waals surface area contributed by atoms with E-state index >= 15 is 0 Å². The largest absolute Gasteiger partial charge is 0.482 e. The monoisotopic (exact) mass is 484 g/mol. The van der Waals surface area contributed by atoms with Crippen LogP contribution in [0.15, 0.2) is 66.7 Å². The second-order valence-electron chi connectivity index (χ2n) is 7.52. The topological polar surface area (TPSA) is 67.9 Å². The number of nitrogens with one attached hydrogen (secondary N) is 1. The lowest BCUT2D eigenvalue weighted by Gasteiger charge is -2.30. The van der Waals surface area contributed by atoms with Gasteiger partial charge in [0.2, 0.25) is 0 Å². The Kier molecular flexibility index (Phi) is 7.37. The number of nitrogens with zero attached hydrogens (tertiary/aromatic N) is 1. The van der Waals surface area contributed by atoms with E-state index in [0.717, 1.165) is 12.8 Å². The minimum absolute atomic E-state index is 0.000264. The fourth-order valence-corrected chi connectivity index (χ4v) is 4.01. The first-order valence-corrected chi connectivity index (χ1v) is 11.2. The number of anilines is 2. The molecule has 0 saturated heterocycles. The first-order chi connectivity index (χ1) is 16.0. The molecule has 8 heteroatoms. The van der Waals surface area contributed by atoms with E-state index in [2.05, 4.69) is 17.4 Å². The van der Waals surface area contributed by atoms with Crippen LogP contribution < -0.4 is 19.7 Å². The first kappa shape index (κ1) is 23.0. The minimum Gasteiger partial charge on any atom is -0.482 e. The number of halogens is 2. The van der Waals surface area contributed by atoms with E-state index in [0.29, 0.717) is 39.5 Å². The maximum atomic E-state index is 12.5. The summed E-state index contributed by atoms with van der Waals surface area (Å²) in [5.41, 5.74) is 2.40. The summed E-state index contributed by atoms with van der Waals surface area (Å²) in [4.78, 5) is 26.6. The first-order valence-electron chi connectivity index (χ1n) is 10.5. The predicted molar refractivity (Wildman–Crippen MR) is 130 cm³/mol. The van der Waals surface area contributed by atoms with Gasteiger partial charge in [0.25, 0.3) is 11.8 Å². The highest BCUT2D eigenvalue weighted by atomic mass is 35.5. The molecular formula is C25H22Cl2N2O4. The number of fused-ring (bicyclic) bond motifs is 1. The molecule has 170 valence electrons. The van der Waals surface area contributed by atoms with Crippen molar-refractivity contribution in [2.24, 2.45) is 0 Å². The molecule has 0 spiro atoms. The van der Waals surface area contributed by atoms with Crippen molar-refractivity contribution < 1.29 is 19.1 Å². The number of hydrogen-bond acceptors (Lipinski definition) is 4. The Hall–Kier alpha value is -3.22. The van der Waals surface area contributed by atoms with Gasteiger partial charge in [0.15, 0.2) is 13.2 Å². The molecule has 0 atom stereocenters. The highest BCUT2D eigenvalue weighted by molar-refractivity contribution is 6.35. The van der Waals surface area contributed by atoms with E-state index in [1.165, 1.54) is 5.56 Å². The lowest BCUT2D eigenvalue weighted by molar-refractivity contribution is -0.121. The Morgan fingerprint density at radius 2 is 1.88 bits per heavy atom. The zero-order valence-corrected chi connectivity index (χ0v) is 19.2. The van der Waals surface area contributed by atoms with Crippen LogP contribution in [-0.4, -0.2) is 31.6 Å². The number of carbonyl (C=O) groups excluding carboxylic acids is 2. The Balaban J connectivity index is 1.39. The number of aryl methyl sites for hydroxylation is 1. The number of carbonyl (C=O) groups is 2. The Bertz CT molecular complexity index is 1150. The molecule has 1 aliphatic heterocycles. The van der Waals surface area contributed by atoms with Crippen molar-refractivity contribution in [2.45, 2.75) is 12.8 Å². The quantitative estimate of drug-likeness (QED) is 0.466. The zero-order chi connectivity index (χ0) is 23.2. The summed E-state index contributed by atoms with van der Waals surface area (Å²) in [6.45, 7) is 0.327. The second-order valence-corrected chi connectivity index (χ2v) is 8.36. The van der Waals surface area contributed by atoms with E-state index in [1.807, 2.05) is 18.2 Å². The molecule has 0 bridgehead atoms. The highest BCUT2D eigenvalue weighted by Gasteiger charge is 2.25. The average molecular weight is 485 g/mol. The highest BCUT2D eigenvalue weighted by Crippen LogP contribution is 2.35. The van der Waals surface area contributed by atoms with Gasteiger partial charge < -0.3 is 19.7 Å². The molecule has 0 saturated carbocycles. The summed E-state index contributed by atoms with van der Waals surface area (Å²) >= 11 is 11.9. The zero-order valence-electron chi connectivity index (χ0n) is 17.7. The van der Waals surface area contributed by atoms with E-state index in [1.54, 1.807) is 41.3 Å². The Morgan fingerprint density at radius 1 is 1.06 bits per heavy atom. The van der Waals surface area contributed by atoms with Gasteiger partial charge in [-0.05, 0) is 54.8 Å². The van der Waals surface area contributed by atoms with E-state index in [-0.39, 0.29) is 25.0 Å². The van der Waals surface area contributed by atoms with E-state index in [9.17, 15) is 9.59 Å². The predicted octanol–water partition coefficient (Wildman–Crippen LogP) is 5.37. The third-order valence-electron chi connectivity index (χ3n) is 5.13. The van der Waals surface area contributed by atoms with Crippen LogP contribution in [0.3, 0.4) is 0 Å². The maximum absolute atomic E-state index is 12.5. The Labute approximate surface area is 202 Å². The fourth-order valence-electron chi connectivity index (χ4n) is 3.54. The number of benzene rings is 3. The molecule has 0 unspecified atom stereocenters. The lowest BCUT2D eigenvalue weighted by atomic mass is 10.1. The molecule has 1 heterocycles. The van der Waals surface area contributed by atoms with Gasteiger partial charge in [-0.25, -0.2) is 0 Å². The van der Waals surface area contributed by atoms with Gasteiger partial charge >= 0.3 is 0 Å². The number of hydrogen-bond donors (Lipinski definition) is 1. The van der Waals surface area contributed by atoms with Crippen LogP contribution in [0.1, 0.15) is 12.0 Å². The normalized spacial score (nSPS) is 12.7. The minimum atomic E-state index is -0.361. The fraction of sp³-hybridized carbons (Fsp3) is 0.200. The van der Waals surface area contributed by atoms with Crippen LogP contribution in [-0.2, 0) is 16.0 Å². The van der Waals surface area contributed by atoms with Crippen LogP contribution in [0.25, 0.3) is 0 Å². The van der Waals surface area contributed by atoms with Crippen molar-refractivity contribution >= 4 is 46.4 Å². The molecule has 3 aromatic carbocycles. The lowest BCUT2D eigenvalue weighted by Crippen LogP contribution is -2.39. The van der Waals surface area contributed by atoms with Crippen molar-refractivity contribution in [2.75, 3.05) is 30.0 Å². The SMILES string of the molecule is O=C(COc1ccc(Cl)cc1Cl)Nc1ccc2c(c1)N(CCCc1ccccc1)C(=O)CO2. The van der Waals surface area contributed by atoms with Crippen LogP contribution in [0.5, 0.6) is 11.5 Å². The standard InChI is InChI=1S/C25H22Cl2N2O4/c26-18-8-10-22(20(27)13-18)32-15-24(30)28-19-9-11-23-21(14-19)29(25(31)16-33-23)12-4-7-17-5-2-1-3-6-17/h1-3,5-6,8-11,13-14H,4,7,12,15-16H2,(H,28,30). The molecule has 0 aromatic heterocycles. The molecule has 2 amide bonds.